The Bertz CT molecular complexity index is 430. The molecule has 2 unspecified atom stereocenters. The summed E-state index contributed by atoms with van der Waals surface area (Å²) in [5.74, 6) is 1.28. The molecule has 92 valence electrons. The molecule has 1 aromatic carbocycles. The molecule has 0 aromatic heterocycles. The maximum atomic E-state index is 11.7. The first-order valence-electron chi connectivity index (χ1n) is 6.25. The minimum Gasteiger partial charge on any atom is -0.488 e. The van der Waals surface area contributed by atoms with Crippen LogP contribution in [0, 0.1) is 19.3 Å². The molecule has 0 aliphatic heterocycles. The summed E-state index contributed by atoms with van der Waals surface area (Å²) in [7, 11) is 0. The van der Waals surface area contributed by atoms with Crippen molar-refractivity contribution < 1.29 is 9.53 Å². The fourth-order valence-corrected chi connectivity index (χ4v) is 2.40. The van der Waals surface area contributed by atoms with Crippen molar-refractivity contribution in [1.82, 2.24) is 0 Å². The number of ketones is 1. The van der Waals surface area contributed by atoms with Crippen molar-refractivity contribution in [2.75, 3.05) is 0 Å². The van der Waals surface area contributed by atoms with Gasteiger partial charge in [-0.25, -0.2) is 0 Å². The Hall–Kier alpha value is -1.31. The van der Waals surface area contributed by atoms with Gasteiger partial charge in [-0.3, -0.25) is 4.79 Å². The Labute approximate surface area is 103 Å². The van der Waals surface area contributed by atoms with Crippen molar-refractivity contribution in [2.45, 2.75) is 46.6 Å². The average molecular weight is 232 g/mol. The van der Waals surface area contributed by atoms with Gasteiger partial charge in [-0.1, -0.05) is 25.1 Å². The number of ether oxygens (including phenoxy) is 1. The number of carbonyl (C=O) groups excluding carboxylic acids is 1. The van der Waals surface area contributed by atoms with E-state index in [4.69, 9.17) is 4.74 Å². The van der Waals surface area contributed by atoms with Crippen molar-refractivity contribution in [3.63, 3.8) is 0 Å². The summed E-state index contributed by atoms with van der Waals surface area (Å²) in [5, 5.41) is 0. The van der Waals surface area contributed by atoms with Crippen LogP contribution in [0.2, 0.25) is 0 Å². The normalized spacial score (nSPS) is 27.8. The van der Waals surface area contributed by atoms with E-state index < -0.39 is 0 Å². The van der Waals surface area contributed by atoms with Crippen LogP contribution in [0.15, 0.2) is 18.2 Å². The van der Waals surface area contributed by atoms with E-state index >= 15 is 0 Å². The zero-order valence-electron chi connectivity index (χ0n) is 11.0. The van der Waals surface area contributed by atoms with E-state index in [2.05, 4.69) is 6.92 Å². The molecule has 0 saturated heterocycles. The van der Waals surface area contributed by atoms with Crippen LogP contribution in [0.25, 0.3) is 0 Å². The van der Waals surface area contributed by atoms with Crippen LogP contribution in [0.3, 0.4) is 0 Å². The van der Waals surface area contributed by atoms with E-state index in [1.807, 2.05) is 39.0 Å². The molecule has 2 heteroatoms. The molecule has 0 heterocycles. The smallest absolute Gasteiger partial charge is 0.146 e. The van der Waals surface area contributed by atoms with Gasteiger partial charge in [0.05, 0.1) is 5.41 Å². The molecule has 0 bridgehead atoms. The monoisotopic (exact) mass is 232 g/mol. The minimum absolute atomic E-state index is 0.0415. The third-order valence-electron chi connectivity index (χ3n) is 4.12. The molecule has 2 rings (SSSR count). The highest BCUT2D eigenvalue weighted by molar-refractivity contribution is 5.92. The predicted molar refractivity (Wildman–Crippen MR) is 68.4 cm³/mol. The molecule has 0 radical (unpaired) electrons. The molecule has 0 spiro atoms. The molecule has 1 aliphatic rings. The Morgan fingerprint density at radius 3 is 2.41 bits per heavy atom. The van der Waals surface area contributed by atoms with Crippen molar-refractivity contribution in [3.8, 4) is 5.75 Å². The van der Waals surface area contributed by atoms with E-state index in [1.165, 1.54) is 0 Å². The van der Waals surface area contributed by atoms with Gasteiger partial charge in [0.1, 0.15) is 17.6 Å². The highest BCUT2D eigenvalue weighted by atomic mass is 16.5. The van der Waals surface area contributed by atoms with Gasteiger partial charge in [0.25, 0.3) is 0 Å². The van der Waals surface area contributed by atoms with Gasteiger partial charge in [-0.2, -0.15) is 0 Å². The van der Waals surface area contributed by atoms with Crippen LogP contribution in [0.1, 0.15) is 37.8 Å². The lowest BCUT2D eigenvalue weighted by atomic mass is 9.64. The third kappa shape index (κ3) is 1.86. The van der Waals surface area contributed by atoms with Crippen molar-refractivity contribution in [2.24, 2.45) is 5.41 Å². The fourth-order valence-electron chi connectivity index (χ4n) is 2.40. The molecule has 1 aliphatic carbocycles. The molecule has 17 heavy (non-hydrogen) atoms. The number of rotatable bonds is 3. The Kier molecular flexibility index (Phi) is 2.98. The molecule has 1 saturated carbocycles. The molecular formula is C15H20O2. The van der Waals surface area contributed by atoms with Gasteiger partial charge in [-0.15, -0.1) is 0 Å². The fraction of sp³-hybridized carbons (Fsp3) is 0.533. The number of benzene rings is 1. The van der Waals surface area contributed by atoms with Gasteiger partial charge >= 0.3 is 0 Å². The van der Waals surface area contributed by atoms with Crippen LogP contribution in [-0.2, 0) is 4.79 Å². The second-order valence-corrected chi connectivity index (χ2v) is 5.23. The number of Topliss-reactive ketones (excluding diaryl/α,β-unsaturated/α-hetero) is 1. The molecule has 2 nitrogen and oxygen atoms in total. The van der Waals surface area contributed by atoms with E-state index in [1.54, 1.807) is 0 Å². The number of hydrogen-bond donors (Lipinski definition) is 0. The Morgan fingerprint density at radius 1 is 1.35 bits per heavy atom. The summed E-state index contributed by atoms with van der Waals surface area (Å²) >= 11 is 0. The maximum absolute atomic E-state index is 11.7. The van der Waals surface area contributed by atoms with E-state index in [-0.39, 0.29) is 11.5 Å². The van der Waals surface area contributed by atoms with Gasteiger partial charge in [0.15, 0.2) is 0 Å². The lowest BCUT2D eigenvalue weighted by Gasteiger charge is -2.44. The van der Waals surface area contributed by atoms with Gasteiger partial charge in [-0.05, 0) is 38.3 Å². The number of hydrogen-bond acceptors (Lipinski definition) is 2. The second-order valence-electron chi connectivity index (χ2n) is 5.23. The quantitative estimate of drug-likeness (QED) is 0.798. The van der Waals surface area contributed by atoms with Gasteiger partial charge < -0.3 is 4.74 Å². The van der Waals surface area contributed by atoms with Gasteiger partial charge in [0, 0.05) is 6.42 Å². The van der Waals surface area contributed by atoms with Crippen LogP contribution < -0.4 is 4.74 Å². The number of aryl methyl sites for hydroxylation is 2. The van der Waals surface area contributed by atoms with Crippen molar-refractivity contribution in [3.05, 3.63) is 29.3 Å². The van der Waals surface area contributed by atoms with Gasteiger partial charge in [0.2, 0.25) is 0 Å². The zero-order chi connectivity index (χ0) is 12.6. The SMILES string of the molecule is CCC1(C)C(=O)CC1Oc1c(C)cccc1C. The summed E-state index contributed by atoms with van der Waals surface area (Å²) in [4.78, 5) is 11.7. The largest absolute Gasteiger partial charge is 0.488 e. The van der Waals surface area contributed by atoms with Crippen LogP contribution in [-0.4, -0.2) is 11.9 Å². The first-order valence-corrected chi connectivity index (χ1v) is 6.25. The van der Waals surface area contributed by atoms with Crippen molar-refractivity contribution >= 4 is 5.78 Å². The molecule has 0 amide bonds. The minimum atomic E-state index is -0.283. The van der Waals surface area contributed by atoms with E-state index in [0.29, 0.717) is 12.2 Å². The highest BCUT2D eigenvalue weighted by Gasteiger charge is 2.51. The van der Waals surface area contributed by atoms with Crippen LogP contribution in [0.4, 0.5) is 0 Å². The lowest BCUT2D eigenvalue weighted by molar-refractivity contribution is -0.150. The molecular weight excluding hydrogens is 212 g/mol. The third-order valence-corrected chi connectivity index (χ3v) is 4.12. The Balaban J connectivity index is 2.21. The predicted octanol–water partition coefficient (Wildman–Crippen LogP) is 3.44. The van der Waals surface area contributed by atoms with E-state index in [9.17, 15) is 4.79 Å². The first kappa shape index (κ1) is 12.2. The van der Waals surface area contributed by atoms with Crippen LogP contribution >= 0.6 is 0 Å². The van der Waals surface area contributed by atoms with E-state index in [0.717, 1.165) is 23.3 Å². The summed E-state index contributed by atoms with van der Waals surface area (Å²) in [6, 6.07) is 6.13. The number of carbonyl (C=O) groups is 1. The maximum Gasteiger partial charge on any atom is 0.146 e. The zero-order valence-corrected chi connectivity index (χ0v) is 11.0. The summed E-state index contributed by atoms with van der Waals surface area (Å²) < 4.78 is 6.07. The highest BCUT2D eigenvalue weighted by Crippen LogP contribution is 2.43. The second kappa shape index (κ2) is 4.17. The Morgan fingerprint density at radius 2 is 1.94 bits per heavy atom. The lowest BCUT2D eigenvalue weighted by Crippen LogP contribution is -2.54. The molecule has 2 atom stereocenters. The van der Waals surface area contributed by atoms with Crippen LogP contribution in [0.5, 0.6) is 5.75 Å². The number of para-hydroxylation sites is 1. The molecule has 1 fully saturated rings. The van der Waals surface area contributed by atoms with Crippen molar-refractivity contribution in [1.29, 1.82) is 0 Å². The summed E-state index contributed by atoms with van der Waals surface area (Å²) in [6.45, 7) is 8.16. The summed E-state index contributed by atoms with van der Waals surface area (Å²) in [5.41, 5.74) is 2.00. The average Bonchev–Trinajstić information content (AvgIpc) is 2.31. The molecule has 1 aromatic rings. The summed E-state index contributed by atoms with van der Waals surface area (Å²) in [6.07, 6.45) is 1.44. The molecule has 0 N–H and O–H groups in total. The standard InChI is InChI=1S/C15H20O2/c1-5-15(4)12(16)9-13(15)17-14-10(2)7-6-8-11(14)3/h6-8,13H,5,9H2,1-4H3. The first-order chi connectivity index (χ1) is 7.99. The topological polar surface area (TPSA) is 26.3 Å².